The Bertz CT molecular complexity index is 723. The summed E-state index contributed by atoms with van der Waals surface area (Å²) >= 11 is 0. The SMILES string of the molecule is COCCCc1cccc2c1OC1OC2Oc2c(CCCOC)cccc21. The molecule has 0 spiro atoms. The summed E-state index contributed by atoms with van der Waals surface area (Å²) in [6.45, 7) is 1.47. The zero-order valence-electron chi connectivity index (χ0n) is 15.9. The van der Waals surface area contributed by atoms with E-state index in [0.717, 1.165) is 61.5 Å². The molecule has 5 heteroatoms. The fourth-order valence-corrected chi connectivity index (χ4v) is 3.73. The molecule has 5 nitrogen and oxygen atoms in total. The van der Waals surface area contributed by atoms with E-state index in [1.54, 1.807) is 14.2 Å². The van der Waals surface area contributed by atoms with E-state index in [1.165, 1.54) is 11.1 Å². The van der Waals surface area contributed by atoms with Crippen molar-refractivity contribution in [1.29, 1.82) is 0 Å². The average molecular weight is 370 g/mol. The second-order valence-electron chi connectivity index (χ2n) is 6.90. The summed E-state index contributed by atoms with van der Waals surface area (Å²) in [5.41, 5.74) is 4.26. The molecule has 0 aliphatic carbocycles. The van der Waals surface area contributed by atoms with Gasteiger partial charge in [-0.05, 0) is 48.9 Å². The summed E-state index contributed by atoms with van der Waals surface area (Å²) in [4.78, 5) is 0. The van der Waals surface area contributed by atoms with Crippen LogP contribution in [0.5, 0.6) is 11.5 Å². The first-order valence-electron chi connectivity index (χ1n) is 9.52. The lowest BCUT2D eigenvalue weighted by Gasteiger charge is -2.39. The van der Waals surface area contributed by atoms with Crippen LogP contribution in [0.25, 0.3) is 0 Å². The topological polar surface area (TPSA) is 46.2 Å². The molecule has 2 bridgehead atoms. The van der Waals surface area contributed by atoms with Crippen molar-refractivity contribution in [3.8, 4) is 11.5 Å². The number of hydrogen-bond acceptors (Lipinski definition) is 5. The quantitative estimate of drug-likeness (QED) is 0.647. The van der Waals surface area contributed by atoms with Crippen LogP contribution in [0.2, 0.25) is 0 Å². The van der Waals surface area contributed by atoms with E-state index >= 15 is 0 Å². The number of para-hydroxylation sites is 2. The van der Waals surface area contributed by atoms with E-state index in [2.05, 4.69) is 12.1 Å². The monoisotopic (exact) mass is 370 g/mol. The third kappa shape index (κ3) is 3.68. The Morgan fingerprint density at radius 3 is 1.67 bits per heavy atom. The Labute approximate surface area is 160 Å². The van der Waals surface area contributed by atoms with Gasteiger partial charge in [-0.25, -0.2) is 0 Å². The molecule has 0 amide bonds. The van der Waals surface area contributed by atoms with Gasteiger partial charge >= 0.3 is 0 Å². The van der Waals surface area contributed by atoms with Gasteiger partial charge in [0.25, 0.3) is 0 Å². The van der Waals surface area contributed by atoms with Crippen molar-refractivity contribution >= 4 is 0 Å². The zero-order chi connectivity index (χ0) is 18.6. The van der Waals surface area contributed by atoms with Crippen LogP contribution < -0.4 is 9.47 Å². The molecule has 2 aromatic rings. The van der Waals surface area contributed by atoms with Gasteiger partial charge in [0.15, 0.2) is 0 Å². The first-order valence-corrected chi connectivity index (χ1v) is 9.52. The average Bonchev–Trinajstić information content (AvgIpc) is 2.69. The van der Waals surface area contributed by atoms with Gasteiger partial charge in [-0.15, -0.1) is 0 Å². The minimum Gasteiger partial charge on any atom is -0.459 e. The summed E-state index contributed by atoms with van der Waals surface area (Å²) in [5, 5.41) is 0. The molecule has 0 saturated carbocycles. The predicted molar refractivity (Wildman–Crippen MR) is 101 cm³/mol. The number of fused-ring (bicyclic) bond motifs is 6. The van der Waals surface area contributed by atoms with Gasteiger partial charge in [-0.2, -0.15) is 0 Å². The van der Waals surface area contributed by atoms with Crippen LogP contribution in [0, 0.1) is 0 Å². The van der Waals surface area contributed by atoms with Crippen molar-refractivity contribution in [2.24, 2.45) is 0 Å². The van der Waals surface area contributed by atoms with Crippen LogP contribution in [0.4, 0.5) is 0 Å². The van der Waals surface area contributed by atoms with E-state index in [0.29, 0.717) is 0 Å². The lowest BCUT2D eigenvalue weighted by Crippen LogP contribution is -2.31. The molecule has 2 heterocycles. The Morgan fingerprint density at radius 2 is 1.22 bits per heavy atom. The van der Waals surface area contributed by atoms with E-state index in [1.807, 2.05) is 24.3 Å². The summed E-state index contributed by atoms with van der Waals surface area (Å²) in [6, 6.07) is 12.3. The highest BCUT2D eigenvalue weighted by Gasteiger charge is 2.39. The molecule has 0 aromatic heterocycles. The molecular weight excluding hydrogens is 344 g/mol. The molecule has 2 atom stereocenters. The highest BCUT2D eigenvalue weighted by atomic mass is 16.8. The second-order valence-corrected chi connectivity index (χ2v) is 6.90. The van der Waals surface area contributed by atoms with E-state index in [-0.39, 0.29) is 0 Å². The number of aryl methyl sites for hydroxylation is 2. The maximum atomic E-state index is 6.30. The minimum absolute atomic E-state index is 0.433. The molecule has 2 aromatic carbocycles. The molecule has 2 aliphatic rings. The first kappa shape index (κ1) is 18.3. The van der Waals surface area contributed by atoms with Crippen LogP contribution in [0.1, 0.15) is 47.7 Å². The van der Waals surface area contributed by atoms with Crippen molar-refractivity contribution in [1.82, 2.24) is 0 Å². The number of hydrogen-bond donors (Lipinski definition) is 0. The predicted octanol–water partition coefficient (Wildman–Crippen LogP) is 4.34. The fraction of sp³-hybridized carbons (Fsp3) is 0.455. The smallest absolute Gasteiger partial charge is 0.233 e. The van der Waals surface area contributed by atoms with Gasteiger partial charge in [0.05, 0.1) is 11.1 Å². The lowest BCUT2D eigenvalue weighted by molar-refractivity contribution is -0.228. The lowest BCUT2D eigenvalue weighted by atomic mass is 9.99. The van der Waals surface area contributed by atoms with Crippen molar-refractivity contribution in [2.75, 3.05) is 27.4 Å². The van der Waals surface area contributed by atoms with Crippen LogP contribution in [0.3, 0.4) is 0 Å². The molecule has 2 aliphatic heterocycles. The van der Waals surface area contributed by atoms with Crippen LogP contribution in [-0.2, 0) is 27.1 Å². The molecular formula is C22H26O5. The largest absolute Gasteiger partial charge is 0.459 e. The van der Waals surface area contributed by atoms with E-state index in [4.69, 9.17) is 23.7 Å². The maximum absolute atomic E-state index is 6.30. The summed E-state index contributed by atoms with van der Waals surface area (Å²) in [6.07, 6.45) is 2.84. The van der Waals surface area contributed by atoms with Gasteiger partial charge in [0.1, 0.15) is 11.5 Å². The van der Waals surface area contributed by atoms with Crippen molar-refractivity contribution < 1.29 is 23.7 Å². The fourth-order valence-electron chi connectivity index (χ4n) is 3.73. The van der Waals surface area contributed by atoms with Crippen LogP contribution >= 0.6 is 0 Å². The summed E-state index contributed by atoms with van der Waals surface area (Å²) in [7, 11) is 3.45. The first-order chi connectivity index (χ1) is 13.3. The molecule has 0 radical (unpaired) electrons. The summed E-state index contributed by atoms with van der Waals surface area (Å²) in [5.74, 6) is 1.79. The zero-order valence-corrected chi connectivity index (χ0v) is 15.9. The molecule has 2 unspecified atom stereocenters. The molecule has 144 valence electrons. The molecule has 4 rings (SSSR count). The van der Waals surface area contributed by atoms with Gasteiger partial charge in [-0.1, -0.05) is 24.3 Å². The highest BCUT2D eigenvalue weighted by molar-refractivity contribution is 5.49. The Kier molecular flexibility index (Phi) is 5.62. The minimum atomic E-state index is -0.433. The summed E-state index contributed by atoms with van der Waals surface area (Å²) < 4.78 is 29.0. The number of methoxy groups -OCH3 is 2. The van der Waals surface area contributed by atoms with Gasteiger partial charge in [0.2, 0.25) is 12.6 Å². The molecule has 0 fully saturated rings. The van der Waals surface area contributed by atoms with E-state index in [9.17, 15) is 0 Å². The van der Waals surface area contributed by atoms with Gasteiger partial charge < -0.3 is 18.9 Å². The maximum Gasteiger partial charge on any atom is 0.233 e. The normalized spacial score (nSPS) is 19.6. The van der Waals surface area contributed by atoms with Crippen LogP contribution in [0.15, 0.2) is 36.4 Å². The van der Waals surface area contributed by atoms with Gasteiger partial charge in [0, 0.05) is 27.4 Å². The van der Waals surface area contributed by atoms with Crippen molar-refractivity contribution in [3.63, 3.8) is 0 Å². The standard InChI is InChI=1S/C22H26O5/c1-23-13-5-9-15-7-3-11-17-19(15)25-22-18-12-4-8-16(10-6-14-24-2)20(18)26-21(17)27-22/h3-4,7-8,11-12,21-22H,5-6,9-10,13-14H2,1-2H3. The van der Waals surface area contributed by atoms with Crippen LogP contribution in [-0.4, -0.2) is 27.4 Å². The van der Waals surface area contributed by atoms with Gasteiger partial charge in [-0.3, -0.25) is 4.74 Å². The van der Waals surface area contributed by atoms with E-state index < -0.39 is 12.6 Å². The van der Waals surface area contributed by atoms with Crippen molar-refractivity contribution in [3.05, 3.63) is 58.7 Å². The second kappa shape index (κ2) is 8.30. The highest BCUT2D eigenvalue weighted by Crippen LogP contribution is 2.49. The number of benzene rings is 2. The molecule has 27 heavy (non-hydrogen) atoms. The number of ether oxygens (including phenoxy) is 5. The Balaban J connectivity index is 1.61. The third-order valence-corrected chi connectivity index (χ3v) is 5.05. The Hall–Kier alpha value is -2.08. The Morgan fingerprint density at radius 1 is 0.741 bits per heavy atom. The van der Waals surface area contributed by atoms with Crippen molar-refractivity contribution in [2.45, 2.75) is 38.3 Å². The third-order valence-electron chi connectivity index (χ3n) is 5.05. The molecule has 0 saturated heterocycles. The number of rotatable bonds is 8. The molecule has 0 N–H and O–H groups in total.